The first-order valence-corrected chi connectivity index (χ1v) is 7.73. The highest BCUT2D eigenvalue weighted by Gasteiger charge is 2.09. The largest absolute Gasteiger partial charge is 0.489 e. The molecule has 3 nitrogen and oxygen atoms in total. The fourth-order valence-electron chi connectivity index (χ4n) is 2.09. The van der Waals surface area contributed by atoms with Crippen molar-refractivity contribution >= 4 is 23.2 Å². The number of rotatable bonds is 6. The van der Waals surface area contributed by atoms with Crippen molar-refractivity contribution in [1.82, 2.24) is 0 Å². The Hall–Kier alpha value is -2.00. The molecule has 4 heteroatoms. The lowest BCUT2D eigenvalue weighted by Crippen LogP contribution is -2.14. The van der Waals surface area contributed by atoms with Crippen LogP contribution in [0.3, 0.4) is 0 Å². The number of aryl methyl sites for hydroxylation is 1. The van der Waals surface area contributed by atoms with Gasteiger partial charge < -0.3 is 10.1 Å². The SMILES string of the molecule is CC(C)Oc1ccccc1NC(=O)CCc1ccccc1Cl. The molecule has 0 radical (unpaired) electrons. The van der Waals surface area contributed by atoms with Gasteiger partial charge in [0.15, 0.2) is 0 Å². The highest BCUT2D eigenvalue weighted by molar-refractivity contribution is 6.31. The van der Waals surface area contributed by atoms with Gasteiger partial charge in [0.2, 0.25) is 5.91 Å². The second-order valence-corrected chi connectivity index (χ2v) is 5.71. The molecule has 0 saturated heterocycles. The van der Waals surface area contributed by atoms with E-state index in [1.807, 2.05) is 62.4 Å². The standard InChI is InChI=1S/C18H20ClNO2/c1-13(2)22-17-10-6-5-9-16(17)20-18(21)12-11-14-7-3-4-8-15(14)19/h3-10,13H,11-12H2,1-2H3,(H,20,21). The van der Waals surface area contributed by atoms with Crippen LogP contribution in [0.2, 0.25) is 5.02 Å². The smallest absolute Gasteiger partial charge is 0.224 e. The van der Waals surface area contributed by atoms with Crippen LogP contribution in [0.1, 0.15) is 25.8 Å². The Morgan fingerprint density at radius 2 is 1.82 bits per heavy atom. The number of ether oxygens (including phenoxy) is 1. The average Bonchev–Trinajstić information content (AvgIpc) is 2.48. The van der Waals surface area contributed by atoms with Gasteiger partial charge in [-0.2, -0.15) is 0 Å². The van der Waals surface area contributed by atoms with Gasteiger partial charge in [0, 0.05) is 11.4 Å². The van der Waals surface area contributed by atoms with Gasteiger partial charge in [0.25, 0.3) is 0 Å². The molecule has 0 heterocycles. The molecule has 0 aliphatic rings. The molecule has 22 heavy (non-hydrogen) atoms. The van der Waals surface area contributed by atoms with Crippen LogP contribution in [-0.4, -0.2) is 12.0 Å². The third-order valence-electron chi connectivity index (χ3n) is 3.10. The van der Waals surface area contributed by atoms with E-state index in [1.165, 1.54) is 0 Å². The summed E-state index contributed by atoms with van der Waals surface area (Å²) in [5.74, 6) is 0.628. The monoisotopic (exact) mass is 317 g/mol. The first-order chi connectivity index (χ1) is 10.6. The second kappa shape index (κ2) is 7.85. The van der Waals surface area contributed by atoms with E-state index < -0.39 is 0 Å². The van der Waals surface area contributed by atoms with E-state index in [0.29, 0.717) is 29.3 Å². The minimum atomic E-state index is -0.0558. The Balaban J connectivity index is 1.96. The number of carbonyl (C=O) groups excluding carboxylic acids is 1. The summed E-state index contributed by atoms with van der Waals surface area (Å²) in [5, 5.41) is 3.59. The van der Waals surface area contributed by atoms with Crippen molar-refractivity contribution in [3.63, 3.8) is 0 Å². The van der Waals surface area contributed by atoms with Gasteiger partial charge in [-0.1, -0.05) is 41.9 Å². The van der Waals surface area contributed by atoms with Crippen LogP contribution in [0.5, 0.6) is 5.75 Å². The number of anilines is 1. The predicted molar refractivity (Wildman–Crippen MR) is 90.6 cm³/mol. The third kappa shape index (κ3) is 4.78. The molecule has 2 aromatic rings. The molecule has 1 N–H and O–H groups in total. The van der Waals surface area contributed by atoms with Crippen molar-refractivity contribution in [2.24, 2.45) is 0 Å². The summed E-state index contributed by atoms with van der Waals surface area (Å²) in [6, 6.07) is 15.0. The number of carbonyl (C=O) groups is 1. The molecular formula is C18H20ClNO2. The highest BCUT2D eigenvalue weighted by Crippen LogP contribution is 2.25. The lowest BCUT2D eigenvalue weighted by atomic mass is 10.1. The minimum absolute atomic E-state index is 0.0558. The summed E-state index contributed by atoms with van der Waals surface area (Å²) in [6.07, 6.45) is 1.04. The van der Waals surface area contributed by atoms with E-state index in [4.69, 9.17) is 16.3 Å². The van der Waals surface area contributed by atoms with Crippen LogP contribution in [0.4, 0.5) is 5.69 Å². The van der Waals surface area contributed by atoms with Gasteiger partial charge >= 0.3 is 0 Å². The third-order valence-corrected chi connectivity index (χ3v) is 3.47. The van der Waals surface area contributed by atoms with Gasteiger partial charge in [-0.15, -0.1) is 0 Å². The molecule has 0 atom stereocenters. The van der Waals surface area contributed by atoms with E-state index in [2.05, 4.69) is 5.32 Å². The fourth-order valence-corrected chi connectivity index (χ4v) is 2.32. The number of nitrogens with one attached hydrogen (secondary N) is 1. The molecule has 0 aliphatic carbocycles. The van der Waals surface area contributed by atoms with E-state index in [0.717, 1.165) is 5.56 Å². The van der Waals surface area contributed by atoms with Crippen LogP contribution >= 0.6 is 11.6 Å². The maximum absolute atomic E-state index is 12.1. The van der Waals surface area contributed by atoms with E-state index >= 15 is 0 Å². The van der Waals surface area contributed by atoms with Crippen molar-refractivity contribution in [3.8, 4) is 5.75 Å². The topological polar surface area (TPSA) is 38.3 Å². The zero-order valence-electron chi connectivity index (χ0n) is 12.8. The molecule has 2 aromatic carbocycles. The van der Waals surface area contributed by atoms with E-state index in [-0.39, 0.29) is 12.0 Å². The van der Waals surface area contributed by atoms with Gasteiger partial charge in [0.05, 0.1) is 11.8 Å². The van der Waals surface area contributed by atoms with Crippen molar-refractivity contribution in [1.29, 1.82) is 0 Å². The van der Waals surface area contributed by atoms with Crippen LogP contribution in [-0.2, 0) is 11.2 Å². The molecule has 116 valence electrons. The Bertz CT molecular complexity index is 640. The predicted octanol–water partition coefficient (Wildman–Crippen LogP) is 4.70. The molecule has 0 aromatic heterocycles. The van der Waals surface area contributed by atoms with Crippen molar-refractivity contribution in [2.45, 2.75) is 32.8 Å². The maximum Gasteiger partial charge on any atom is 0.224 e. The number of hydrogen-bond donors (Lipinski definition) is 1. The normalized spacial score (nSPS) is 10.5. The molecule has 1 amide bonds. The van der Waals surface area contributed by atoms with Gasteiger partial charge in [-0.05, 0) is 44.0 Å². The van der Waals surface area contributed by atoms with E-state index in [1.54, 1.807) is 0 Å². The summed E-state index contributed by atoms with van der Waals surface area (Å²) in [7, 11) is 0. The zero-order chi connectivity index (χ0) is 15.9. The lowest BCUT2D eigenvalue weighted by Gasteiger charge is -2.14. The van der Waals surface area contributed by atoms with Crippen LogP contribution in [0.25, 0.3) is 0 Å². The van der Waals surface area contributed by atoms with Crippen molar-refractivity contribution in [3.05, 3.63) is 59.1 Å². The number of para-hydroxylation sites is 2. The lowest BCUT2D eigenvalue weighted by molar-refractivity contribution is -0.116. The quantitative estimate of drug-likeness (QED) is 0.838. The van der Waals surface area contributed by atoms with Gasteiger partial charge in [-0.25, -0.2) is 0 Å². The summed E-state index contributed by atoms with van der Waals surface area (Å²) < 4.78 is 5.69. The summed E-state index contributed by atoms with van der Waals surface area (Å²) in [4.78, 5) is 12.1. The molecule has 0 bridgehead atoms. The molecule has 0 fully saturated rings. The summed E-state index contributed by atoms with van der Waals surface area (Å²) in [5.41, 5.74) is 1.67. The number of hydrogen-bond acceptors (Lipinski definition) is 2. The number of benzene rings is 2. The van der Waals surface area contributed by atoms with Crippen molar-refractivity contribution < 1.29 is 9.53 Å². The Morgan fingerprint density at radius 3 is 2.55 bits per heavy atom. The Kier molecular flexibility index (Phi) is 5.84. The molecular weight excluding hydrogens is 298 g/mol. The van der Waals surface area contributed by atoms with Crippen molar-refractivity contribution in [2.75, 3.05) is 5.32 Å². The first-order valence-electron chi connectivity index (χ1n) is 7.35. The molecule has 0 unspecified atom stereocenters. The highest BCUT2D eigenvalue weighted by atomic mass is 35.5. The van der Waals surface area contributed by atoms with E-state index in [9.17, 15) is 4.79 Å². The Labute approximate surface area is 136 Å². The van der Waals surface area contributed by atoms with Gasteiger partial charge in [0.1, 0.15) is 5.75 Å². The second-order valence-electron chi connectivity index (χ2n) is 5.30. The number of halogens is 1. The fraction of sp³-hybridized carbons (Fsp3) is 0.278. The summed E-state index contributed by atoms with van der Waals surface area (Å²) in [6.45, 7) is 3.91. The zero-order valence-corrected chi connectivity index (χ0v) is 13.6. The van der Waals surface area contributed by atoms with Crippen LogP contribution in [0, 0.1) is 0 Å². The Morgan fingerprint density at radius 1 is 1.14 bits per heavy atom. The van der Waals surface area contributed by atoms with Crippen LogP contribution in [0.15, 0.2) is 48.5 Å². The summed E-state index contributed by atoms with van der Waals surface area (Å²) >= 11 is 6.10. The van der Waals surface area contributed by atoms with Crippen LogP contribution < -0.4 is 10.1 Å². The molecule has 0 aliphatic heterocycles. The molecule has 0 saturated carbocycles. The molecule has 0 spiro atoms. The minimum Gasteiger partial charge on any atom is -0.489 e. The van der Waals surface area contributed by atoms with Gasteiger partial charge in [-0.3, -0.25) is 4.79 Å². The maximum atomic E-state index is 12.1. The first kappa shape index (κ1) is 16.4. The average molecular weight is 318 g/mol. The number of amides is 1. The molecule has 2 rings (SSSR count).